The van der Waals surface area contributed by atoms with Crippen LogP contribution in [0.5, 0.6) is 0 Å². The molecule has 3 N–H and O–H groups in total. The molecule has 0 saturated heterocycles. The van der Waals surface area contributed by atoms with Crippen molar-refractivity contribution in [3.8, 4) is 11.1 Å². The molecule has 1 saturated carbocycles. The molecule has 2 aromatic rings. The van der Waals surface area contributed by atoms with Gasteiger partial charge in [0.1, 0.15) is 6.61 Å². The highest BCUT2D eigenvalue weighted by Gasteiger charge is 2.44. The number of aliphatic carboxylic acids is 1. The van der Waals surface area contributed by atoms with E-state index < -0.39 is 17.5 Å². The summed E-state index contributed by atoms with van der Waals surface area (Å²) in [7, 11) is 0. The van der Waals surface area contributed by atoms with Crippen molar-refractivity contribution < 1.29 is 24.2 Å². The average Bonchev–Trinajstić information content (AvgIpc) is 3.17. The van der Waals surface area contributed by atoms with Crippen molar-refractivity contribution in [2.24, 2.45) is 5.41 Å². The number of ether oxygens (including phenoxy) is 1. The zero-order chi connectivity index (χ0) is 24.8. The number of carbonyl (C=O) groups is 3. The average molecular weight is 479 g/mol. The minimum absolute atomic E-state index is 0.0139. The van der Waals surface area contributed by atoms with Gasteiger partial charge in [-0.1, -0.05) is 61.4 Å². The zero-order valence-corrected chi connectivity index (χ0v) is 20.2. The van der Waals surface area contributed by atoms with Crippen LogP contribution in [0.2, 0.25) is 0 Å². The number of nitrogens with one attached hydrogen (secondary N) is 2. The van der Waals surface area contributed by atoms with Gasteiger partial charge in [-0.25, -0.2) is 4.79 Å². The van der Waals surface area contributed by atoms with Crippen molar-refractivity contribution >= 4 is 18.0 Å². The first-order valence-corrected chi connectivity index (χ1v) is 12.5. The number of hydrogen-bond acceptors (Lipinski definition) is 4. The van der Waals surface area contributed by atoms with E-state index in [0.717, 1.165) is 24.0 Å². The van der Waals surface area contributed by atoms with E-state index in [1.807, 2.05) is 31.2 Å². The van der Waals surface area contributed by atoms with Crippen molar-refractivity contribution in [1.82, 2.24) is 10.6 Å². The van der Waals surface area contributed by atoms with Gasteiger partial charge in [0.15, 0.2) is 0 Å². The molecule has 7 heteroatoms. The molecular formula is C28H34N2O5. The van der Waals surface area contributed by atoms with E-state index in [1.165, 1.54) is 11.1 Å². The van der Waals surface area contributed by atoms with Crippen LogP contribution in [0.15, 0.2) is 48.5 Å². The van der Waals surface area contributed by atoms with E-state index in [1.54, 1.807) is 0 Å². The van der Waals surface area contributed by atoms with Crippen LogP contribution in [0.25, 0.3) is 11.1 Å². The largest absolute Gasteiger partial charge is 0.481 e. The van der Waals surface area contributed by atoms with Gasteiger partial charge in [-0.2, -0.15) is 0 Å². The maximum atomic E-state index is 13.0. The fourth-order valence-corrected chi connectivity index (χ4v) is 5.42. The molecule has 2 amide bonds. The summed E-state index contributed by atoms with van der Waals surface area (Å²) in [4.78, 5) is 36.5. The number of fused-ring (bicyclic) bond motifs is 3. The van der Waals surface area contributed by atoms with Crippen LogP contribution in [0.3, 0.4) is 0 Å². The number of carbonyl (C=O) groups excluding carboxylic acids is 2. The molecule has 2 aliphatic rings. The van der Waals surface area contributed by atoms with Crippen LogP contribution >= 0.6 is 0 Å². The number of rotatable bonds is 9. The SMILES string of the molecule is CC1(C(=O)NCCCCC(=O)O)CCCCC1NC(=O)OCC1c2ccccc2-c2ccccc21. The van der Waals surface area contributed by atoms with Gasteiger partial charge in [0.25, 0.3) is 0 Å². The van der Waals surface area contributed by atoms with Crippen molar-refractivity contribution in [2.45, 2.75) is 63.8 Å². The molecule has 0 heterocycles. The normalized spacial score (nSPS) is 21.0. The van der Waals surface area contributed by atoms with Crippen molar-refractivity contribution in [3.63, 3.8) is 0 Å². The van der Waals surface area contributed by atoms with Crippen LogP contribution in [0.1, 0.15) is 68.9 Å². The van der Waals surface area contributed by atoms with Gasteiger partial charge in [0.2, 0.25) is 5.91 Å². The Morgan fingerprint density at radius 1 is 1.00 bits per heavy atom. The molecule has 35 heavy (non-hydrogen) atoms. The van der Waals surface area contributed by atoms with Crippen molar-refractivity contribution in [2.75, 3.05) is 13.2 Å². The molecular weight excluding hydrogens is 444 g/mol. The molecule has 0 aliphatic heterocycles. The lowest BCUT2D eigenvalue weighted by Gasteiger charge is -2.40. The number of unbranched alkanes of at least 4 members (excludes halogenated alkanes) is 1. The summed E-state index contributed by atoms with van der Waals surface area (Å²) in [5, 5.41) is 14.7. The van der Waals surface area contributed by atoms with E-state index >= 15 is 0 Å². The molecule has 2 atom stereocenters. The first-order chi connectivity index (χ1) is 16.9. The lowest BCUT2D eigenvalue weighted by atomic mass is 9.71. The molecule has 7 nitrogen and oxygen atoms in total. The second kappa shape index (κ2) is 10.9. The number of hydrogen-bond donors (Lipinski definition) is 3. The quantitative estimate of drug-likeness (QED) is 0.447. The predicted molar refractivity (Wildman–Crippen MR) is 133 cm³/mol. The first-order valence-electron chi connectivity index (χ1n) is 12.5. The van der Waals surface area contributed by atoms with Crippen LogP contribution in [0.4, 0.5) is 4.79 Å². The smallest absolute Gasteiger partial charge is 0.407 e. The fourth-order valence-electron chi connectivity index (χ4n) is 5.42. The highest BCUT2D eigenvalue weighted by Crippen LogP contribution is 2.44. The van der Waals surface area contributed by atoms with Gasteiger partial charge in [-0.15, -0.1) is 0 Å². The highest BCUT2D eigenvalue weighted by molar-refractivity contribution is 5.84. The first kappa shape index (κ1) is 24.8. The number of carboxylic acid groups (broad SMARTS) is 1. The Morgan fingerprint density at radius 3 is 2.31 bits per heavy atom. The highest BCUT2D eigenvalue weighted by atomic mass is 16.5. The number of benzene rings is 2. The third kappa shape index (κ3) is 5.50. The van der Waals surface area contributed by atoms with Crippen LogP contribution in [0, 0.1) is 5.41 Å². The third-order valence-corrected chi connectivity index (χ3v) is 7.47. The summed E-state index contributed by atoms with van der Waals surface area (Å²) in [5.74, 6) is -0.945. The Morgan fingerprint density at radius 2 is 1.66 bits per heavy atom. The van der Waals surface area contributed by atoms with Crippen LogP contribution in [-0.2, 0) is 14.3 Å². The monoisotopic (exact) mass is 478 g/mol. The minimum Gasteiger partial charge on any atom is -0.481 e. The number of carboxylic acids is 1. The Labute approximate surface area is 206 Å². The summed E-state index contributed by atoms with van der Waals surface area (Å²) in [5.41, 5.74) is 3.95. The number of alkyl carbamates (subject to hydrolysis) is 1. The summed E-state index contributed by atoms with van der Waals surface area (Å²) < 4.78 is 5.71. The molecule has 186 valence electrons. The Bertz CT molecular complexity index is 1040. The maximum absolute atomic E-state index is 13.0. The van der Waals surface area contributed by atoms with E-state index in [-0.39, 0.29) is 30.9 Å². The second-order valence-corrected chi connectivity index (χ2v) is 9.79. The Hall–Kier alpha value is -3.35. The van der Waals surface area contributed by atoms with Crippen molar-refractivity contribution in [1.29, 1.82) is 0 Å². The van der Waals surface area contributed by atoms with E-state index in [0.29, 0.717) is 32.2 Å². The van der Waals surface area contributed by atoms with Gasteiger partial charge < -0.3 is 20.5 Å². The molecule has 0 radical (unpaired) electrons. The summed E-state index contributed by atoms with van der Waals surface area (Å²) in [6, 6.07) is 16.1. The zero-order valence-electron chi connectivity index (χ0n) is 20.2. The molecule has 0 bridgehead atoms. The van der Waals surface area contributed by atoms with Gasteiger partial charge in [0, 0.05) is 24.9 Å². The molecule has 2 aromatic carbocycles. The maximum Gasteiger partial charge on any atom is 0.407 e. The third-order valence-electron chi connectivity index (χ3n) is 7.47. The van der Waals surface area contributed by atoms with Gasteiger partial charge in [0.05, 0.1) is 5.41 Å². The lowest BCUT2D eigenvalue weighted by molar-refractivity contribution is -0.137. The van der Waals surface area contributed by atoms with Crippen molar-refractivity contribution in [3.05, 3.63) is 59.7 Å². The lowest BCUT2D eigenvalue weighted by Crippen LogP contribution is -2.55. The van der Waals surface area contributed by atoms with Gasteiger partial charge in [-0.05, 0) is 54.9 Å². The Kier molecular flexibility index (Phi) is 7.73. The summed E-state index contributed by atoms with van der Waals surface area (Å²) in [6.07, 6.45) is 3.99. The molecule has 2 aliphatic carbocycles. The fraction of sp³-hybridized carbons (Fsp3) is 0.464. The van der Waals surface area contributed by atoms with Gasteiger partial charge >= 0.3 is 12.1 Å². The van der Waals surface area contributed by atoms with E-state index in [9.17, 15) is 14.4 Å². The standard InChI is InChI=1S/C28H34N2O5/c1-28(26(33)29-17-9-7-15-25(31)32)16-8-6-14-24(28)30-27(34)35-18-23-21-12-4-2-10-19(21)20-11-3-5-13-22(20)23/h2-5,10-13,23-24H,6-9,14-18H2,1H3,(H,29,33)(H,30,34)(H,31,32). The molecule has 1 fully saturated rings. The summed E-state index contributed by atoms with van der Waals surface area (Å²) in [6.45, 7) is 2.56. The van der Waals surface area contributed by atoms with Crippen LogP contribution < -0.4 is 10.6 Å². The topological polar surface area (TPSA) is 105 Å². The number of amides is 2. The Balaban J connectivity index is 1.34. The molecule has 4 rings (SSSR count). The predicted octanol–water partition coefficient (Wildman–Crippen LogP) is 4.85. The molecule has 2 unspecified atom stereocenters. The van der Waals surface area contributed by atoms with Gasteiger partial charge in [-0.3, -0.25) is 9.59 Å². The summed E-state index contributed by atoms with van der Waals surface area (Å²) >= 11 is 0. The van der Waals surface area contributed by atoms with E-state index in [4.69, 9.17) is 9.84 Å². The minimum atomic E-state index is -0.831. The molecule has 0 spiro atoms. The van der Waals surface area contributed by atoms with Crippen LogP contribution in [-0.4, -0.2) is 42.3 Å². The second-order valence-electron chi connectivity index (χ2n) is 9.79. The molecule has 0 aromatic heterocycles. The van der Waals surface area contributed by atoms with E-state index in [2.05, 4.69) is 34.9 Å².